The molecule has 3 heterocycles. The maximum absolute atomic E-state index is 13.1. The molecule has 0 saturated carbocycles. The lowest BCUT2D eigenvalue weighted by molar-refractivity contribution is 0.0169. The molecule has 0 unspecified atom stereocenters. The van der Waals surface area contributed by atoms with Crippen molar-refractivity contribution in [3.8, 4) is 28.5 Å². The van der Waals surface area contributed by atoms with Crippen LogP contribution >= 0.6 is 22.6 Å². The van der Waals surface area contributed by atoms with E-state index in [1.165, 1.54) is 0 Å². The lowest BCUT2D eigenvalue weighted by Gasteiger charge is -2.34. The van der Waals surface area contributed by atoms with Crippen LogP contribution < -0.4 is 19.5 Å². The average Bonchev–Trinajstić information content (AvgIpc) is 3.53. The second kappa shape index (κ2) is 15.2. The lowest BCUT2D eigenvalue weighted by Crippen LogP contribution is -2.43. The van der Waals surface area contributed by atoms with Crippen molar-refractivity contribution in [2.75, 3.05) is 32.6 Å². The van der Waals surface area contributed by atoms with Gasteiger partial charge in [-0.05, 0) is 93.0 Å². The van der Waals surface area contributed by atoms with Crippen LogP contribution in [-0.2, 0) is 11.3 Å². The number of rotatable bonds is 10. The first kappa shape index (κ1) is 35.3. The maximum Gasteiger partial charge on any atom is 0.410 e. The monoisotopic (exact) mass is 789 g/mol. The normalized spacial score (nSPS) is 15.4. The number of nitrogens with one attached hydrogen (secondary N) is 1. The molecule has 10 nitrogen and oxygen atoms in total. The number of hydrogen-bond acceptors (Lipinski definition) is 8. The van der Waals surface area contributed by atoms with Crippen molar-refractivity contribution < 1.29 is 23.7 Å². The molecule has 2 aromatic heterocycles. The predicted molar refractivity (Wildman–Crippen MR) is 204 cm³/mol. The first-order valence-corrected chi connectivity index (χ1v) is 17.9. The van der Waals surface area contributed by atoms with Crippen LogP contribution in [0.2, 0.25) is 0 Å². The topological polar surface area (TPSA) is 100.0 Å². The van der Waals surface area contributed by atoms with Gasteiger partial charge in [-0.2, -0.15) is 5.10 Å². The highest BCUT2D eigenvalue weighted by atomic mass is 127. The number of aromatic nitrogens is 3. The van der Waals surface area contributed by atoms with Crippen LogP contribution in [-0.4, -0.2) is 58.7 Å². The van der Waals surface area contributed by atoms with Gasteiger partial charge in [0.25, 0.3) is 0 Å². The molecule has 1 aliphatic heterocycles. The molecule has 1 aliphatic rings. The number of pyridine rings is 1. The Hall–Kier alpha value is -4.52. The molecular formula is C39H44IN5O5. The van der Waals surface area contributed by atoms with E-state index in [9.17, 15) is 4.79 Å². The number of benzene rings is 3. The number of ether oxygens (including phenoxy) is 4. The highest BCUT2D eigenvalue weighted by molar-refractivity contribution is 14.1. The molecule has 1 N–H and O–H groups in total. The van der Waals surface area contributed by atoms with Crippen molar-refractivity contribution >= 4 is 45.4 Å². The van der Waals surface area contributed by atoms with Crippen LogP contribution in [0.3, 0.4) is 0 Å². The van der Waals surface area contributed by atoms with E-state index >= 15 is 0 Å². The third-order valence-corrected chi connectivity index (χ3v) is 9.51. The quantitative estimate of drug-likeness (QED) is 0.140. The Balaban J connectivity index is 1.39. The summed E-state index contributed by atoms with van der Waals surface area (Å²) in [7, 11) is 3.29. The second-order valence-electron chi connectivity index (χ2n) is 13.4. The third-order valence-electron chi connectivity index (χ3n) is 8.72. The molecule has 1 fully saturated rings. The van der Waals surface area contributed by atoms with E-state index in [1.54, 1.807) is 19.1 Å². The second-order valence-corrected chi connectivity index (χ2v) is 14.6. The number of carbonyl (C=O) groups excluding carboxylic acids is 1. The summed E-state index contributed by atoms with van der Waals surface area (Å²) in [5, 5.41) is 9.81. The maximum atomic E-state index is 13.1. The molecule has 5 aromatic rings. The number of methoxy groups -OCH3 is 2. The number of amides is 1. The number of anilines is 1. The number of fused-ring (bicyclic) bond motifs is 1. The summed E-state index contributed by atoms with van der Waals surface area (Å²) in [6.45, 7) is 9.36. The minimum atomic E-state index is -0.570. The Bertz CT molecular complexity index is 1940. The van der Waals surface area contributed by atoms with E-state index < -0.39 is 5.60 Å². The van der Waals surface area contributed by atoms with Gasteiger partial charge in [0, 0.05) is 43.0 Å². The van der Waals surface area contributed by atoms with E-state index in [4.69, 9.17) is 29.0 Å². The van der Waals surface area contributed by atoms with Crippen molar-refractivity contribution in [3.05, 3.63) is 93.7 Å². The Kier molecular flexibility index (Phi) is 10.7. The van der Waals surface area contributed by atoms with Crippen LogP contribution in [0.4, 0.5) is 10.6 Å². The SMILES string of the molecule is COc1ccc(CNc2ncc(I)c3c2c(-c2ccc([C@H](C)Oc4ccccc4)cc2)nn3[C@@H]2CCCN(C(=O)OC(C)(C)C)C2)c(OC)c1. The van der Waals surface area contributed by atoms with Gasteiger partial charge in [0.15, 0.2) is 0 Å². The van der Waals surface area contributed by atoms with Crippen molar-refractivity contribution in [3.63, 3.8) is 0 Å². The van der Waals surface area contributed by atoms with Crippen LogP contribution in [0.1, 0.15) is 63.8 Å². The summed E-state index contributed by atoms with van der Waals surface area (Å²) in [6.07, 6.45) is 3.17. The molecule has 0 spiro atoms. The molecule has 6 rings (SSSR count). The molecule has 0 aliphatic carbocycles. The number of para-hydroxylation sites is 1. The molecule has 2 atom stereocenters. The molecule has 0 radical (unpaired) electrons. The Morgan fingerprint density at radius 2 is 1.78 bits per heavy atom. The van der Waals surface area contributed by atoms with Gasteiger partial charge >= 0.3 is 6.09 Å². The summed E-state index contributed by atoms with van der Waals surface area (Å²) in [6, 6.07) is 24.0. The van der Waals surface area contributed by atoms with Crippen molar-refractivity contribution in [2.45, 2.75) is 64.8 Å². The fraction of sp³-hybridized carbons (Fsp3) is 0.359. The van der Waals surface area contributed by atoms with Crippen molar-refractivity contribution in [2.24, 2.45) is 0 Å². The number of nitrogens with zero attached hydrogens (tertiary/aromatic N) is 4. The minimum absolute atomic E-state index is 0.0449. The smallest absolute Gasteiger partial charge is 0.410 e. The fourth-order valence-corrected chi connectivity index (χ4v) is 6.90. The van der Waals surface area contributed by atoms with Gasteiger partial charge in [0.1, 0.15) is 40.5 Å². The Morgan fingerprint density at radius 1 is 1.02 bits per heavy atom. The molecule has 50 heavy (non-hydrogen) atoms. The van der Waals surface area contributed by atoms with Gasteiger partial charge in [-0.25, -0.2) is 9.78 Å². The van der Waals surface area contributed by atoms with Gasteiger partial charge in [-0.15, -0.1) is 0 Å². The van der Waals surface area contributed by atoms with Gasteiger partial charge in [0.05, 0.1) is 34.7 Å². The average molecular weight is 790 g/mol. The first-order chi connectivity index (χ1) is 24.0. The zero-order chi connectivity index (χ0) is 35.4. The number of halogens is 1. The molecule has 11 heteroatoms. The standard InChI is InChI=1S/C39H44IN5O5/c1-25(49-30-12-8-7-9-13-30)26-14-16-27(17-15-26)35-34-36(45(43-35)29-11-10-20-44(24-29)38(46)50-39(2,3)4)32(40)23-42-37(34)41-22-28-18-19-31(47-5)21-33(28)48-6/h7-9,12-19,21,23,25,29H,10-11,20,22,24H2,1-6H3,(H,41,42)/t25-,29+/m0/s1. The highest BCUT2D eigenvalue weighted by Crippen LogP contribution is 2.39. The van der Waals surface area contributed by atoms with Crippen molar-refractivity contribution in [1.82, 2.24) is 19.7 Å². The zero-order valence-electron chi connectivity index (χ0n) is 29.4. The van der Waals surface area contributed by atoms with Crippen LogP contribution in [0.25, 0.3) is 22.2 Å². The lowest BCUT2D eigenvalue weighted by atomic mass is 10.0. The van der Waals surface area contributed by atoms with E-state index in [0.717, 1.165) is 66.9 Å². The number of hydrogen-bond donors (Lipinski definition) is 1. The van der Waals surface area contributed by atoms with E-state index in [1.807, 2.05) is 82.4 Å². The predicted octanol–water partition coefficient (Wildman–Crippen LogP) is 9.04. The van der Waals surface area contributed by atoms with E-state index in [-0.39, 0.29) is 18.2 Å². The zero-order valence-corrected chi connectivity index (χ0v) is 31.6. The Labute approximate surface area is 307 Å². The van der Waals surface area contributed by atoms with Crippen LogP contribution in [0.5, 0.6) is 17.2 Å². The molecule has 0 bridgehead atoms. The number of piperidine rings is 1. The molecule has 1 amide bonds. The number of likely N-dealkylation sites (tertiary alicyclic amines) is 1. The van der Waals surface area contributed by atoms with E-state index in [2.05, 4.69) is 56.9 Å². The van der Waals surface area contributed by atoms with Crippen molar-refractivity contribution in [1.29, 1.82) is 0 Å². The van der Waals surface area contributed by atoms with E-state index in [0.29, 0.717) is 25.5 Å². The molecule has 1 saturated heterocycles. The fourth-order valence-electron chi connectivity index (χ4n) is 6.24. The van der Waals surface area contributed by atoms with Gasteiger partial charge in [-0.1, -0.05) is 42.5 Å². The summed E-state index contributed by atoms with van der Waals surface area (Å²) in [4.78, 5) is 19.8. The summed E-state index contributed by atoms with van der Waals surface area (Å²) >= 11 is 2.34. The molecule has 3 aromatic carbocycles. The van der Waals surface area contributed by atoms with Crippen LogP contribution in [0.15, 0.2) is 79.0 Å². The molecule has 262 valence electrons. The number of carbonyl (C=O) groups is 1. The highest BCUT2D eigenvalue weighted by Gasteiger charge is 2.31. The summed E-state index contributed by atoms with van der Waals surface area (Å²) in [5.41, 5.74) is 4.19. The summed E-state index contributed by atoms with van der Waals surface area (Å²) in [5.74, 6) is 2.99. The largest absolute Gasteiger partial charge is 0.497 e. The van der Waals surface area contributed by atoms with Gasteiger partial charge in [0.2, 0.25) is 0 Å². The summed E-state index contributed by atoms with van der Waals surface area (Å²) < 4.78 is 26.1. The molecular weight excluding hydrogens is 745 g/mol. The Morgan fingerprint density at radius 3 is 2.48 bits per heavy atom. The van der Waals surface area contributed by atoms with Gasteiger partial charge in [-0.3, -0.25) is 4.68 Å². The van der Waals surface area contributed by atoms with Gasteiger partial charge < -0.3 is 29.2 Å². The van der Waals surface area contributed by atoms with Crippen LogP contribution in [0, 0.1) is 3.57 Å². The first-order valence-electron chi connectivity index (χ1n) is 16.9. The third kappa shape index (κ3) is 7.93. The minimum Gasteiger partial charge on any atom is -0.497 e.